The molecule has 3 unspecified atom stereocenters. The maximum absolute atomic E-state index is 12.7. The molecule has 0 aliphatic carbocycles. The Balaban J connectivity index is 1.07. The lowest BCUT2D eigenvalue weighted by molar-refractivity contribution is -0.0602. The van der Waals surface area contributed by atoms with E-state index in [4.69, 9.17) is 19.6 Å². The van der Waals surface area contributed by atoms with E-state index >= 15 is 0 Å². The molecule has 12 nitrogen and oxygen atoms in total. The molecule has 3 aromatic rings. The van der Waals surface area contributed by atoms with Crippen molar-refractivity contribution in [2.75, 3.05) is 55.7 Å². The minimum Gasteiger partial charge on any atom is -0.491 e. The Hall–Kier alpha value is -4.16. The molecule has 0 saturated carbocycles. The molecule has 218 valence electrons. The zero-order valence-electron chi connectivity index (χ0n) is 23.6. The van der Waals surface area contributed by atoms with E-state index in [1.807, 2.05) is 38.1 Å². The van der Waals surface area contributed by atoms with Crippen LogP contribution >= 0.6 is 0 Å². The van der Waals surface area contributed by atoms with Crippen LogP contribution < -0.4 is 25.7 Å². The molecule has 0 spiro atoms. The first kappa shape index (κ1) is 28.4. The molecule has 0 radical (unpaired) electrons. The van der Waals surface area contributed by atoms with Crippen molar-refractivity contribution in [3.8, 4) is 11.4 Å². The summed E-state index contributed by atoms with van der Waals surface area (Å²) < 4.78 is 20.5. The molecule has 2 aromatic carbocycles. The molecule has 2 aliphatic rings. The number of benzene rings is 2. The van der Waals surface area contributed by atoms with Crippen LogP contribution in [0.15, 0.2) is 64.8 Å². The number of nitrogens with zero attached hydrogens (tertiary/aromatic N) is 6. The molecule has 3 heterocycles. The van der Waals surface area contributed by atoms with Crippen molar-refractivity contribution in [3.63, 3.8) is 0 Å². The highest BCUT2D eigenvalue weighted by molar-refractivity contribution is 6.14. The second kappa shape index (κ2) is 13.5. The normalized spacial score (nSPS) is 20.0. The maximum Gasteiger partial charge on any atom is 0.350 e. The number of hydrogen-bond donors (Lipinski definition) is 2. The summed E-state index contributed by atoms with van der Waals surface area (Å²) in [6.07, 6.45) is 4.39. The molecule has 12 heteroatoms. The summed E-state index contributed by atoms with van der Waals surface area (Å²) in [5.74, 6) is 0.794. The zero-order valence-corrected chi connectivity index (χ0v) is 23.6. The van der Waals surface area contributed by atoms with Gasteiger partial charge in [0, 0.05) is 43.8 Å². The second-order valence-corrected chi connectivity index (χ2v) is 10.1. The number of rotatable bonds is 12. The van der Waals surface area contributed by atoms with Crippen molar-refractivity contribution in [3.05, 3.63) is 65.3 Å². The van der Waals surface area contributed by atoms with Crippen LogP contribution in [0.1, 0.15) is 26.3 Å². The first-order valence-electron chi connectivity index (χ1n) is 14.1. The van der Waals surface area contributed by atoms with Crippen LogP contribution in [0, 0.1) is 5.41 Å². The fraction of sp³-hybridized carbons (Fsp3) is 0.448. The van der Waals surface area contributed by atoms with Crippen molar-refractivity contribution in [2.45, 2.75) is 38.7 Å². The Kier molecular flexibility index (Phi) is 9.32. The lowest BCUT2D eigenvalue weighted by Gasteiger charge is -2.37. The van der Waals surface area contributed by atoms with E-state index < -0.39 is 0 Å². The Morgan fingerprint density at radius 2 is 1.71 bits per heavy atom. The van der Waals surface area contributed by atoms with Crippen molar-refractivity contribution in [1.29, 1.82) is 5.41 Å². The number of piperazine rings is 1. The Morgan fingerprint density at radius 3 is 2.34 bits per heavy atom. The fourth-order valence-corrected chi connectivity index (χ4v) is 4.88. The van der Waals surface area contributed by atoms with Gasteiger partial charge in [-0.2, -0.15) is 10.2 Å². The van der Waals surface area contributed by atoms with Gasteiger partial charge in [-0.3, -0.25) is 0 Å². The molecule has 41 heavy (non-hydrogen) atoms. The highest BCUT2D eigenvalue weighted by Gasteiger charge is 2.26. The van der Waals surface area contributed by atoms with Crippen molar-refractivity contribution in [2.24, 2.45) is 5.10 Å². The Labute approximate surface area is 239 Å². The molecule has 2 aliphatic heterocycles. The minimum absolute atomic E-state index is 0.0755. The summed E-state index contributed by atoms with van der Waals surface area (Å²) in [4.78, 5) is 17.5. The van der Waals surface area contributed by atoms with E-state index in [1.54, 1.807) is 15.6 Å². The van der Waals surface area contributed by atoms with Crippen LogP contribution in [-0.2, 0) is 9.47 Å². The van der Waals surface area contributed by atoms with Crippen LogP contribution in [0.5, 0.6) is 5.75 Å². The zero-order chi connectivity index (χ0) is 28.6. The number of nitrogens with one attached hydrogen (secondary N) is 2. The predicted octanol–water partition coefficient (Wildman–Crippen LogP) is 2.68. The van der Waals surface area contributed by atoms with E-state index in [1.165, 1.54) is 11.9 Å². The first-order valence-corrected chi connectivity index (χ1v) is 14.1. The van der Waals surface area contributed by atoms with Crippen LogP contribution in [0.4, 0.5) is 11.4 Å². The van der Waals surface area contributed by atoms with E-state index in [-0.39, 0.29) is 24.1 Å². The molecular weight excluding hydrogens is 524 g/mol. The Bertz CT molecular complexity index is 1350. The second-order valence-electron chi connectivity index (χ2n) is 10.1. The van der Waals surface area contributed by atoms with Gasteiger partial charge >= 0.3 is 5.69 Å². The summed E-state index contributed by atoms with van der Waals surface area (Å²) in [7, 11) is 0. The summed E-state index contributed by atoms with van der Waals surface area (Å²) >= 11 is 0. The number of ether oxygens (including phenoxy) is 3. The number of hydrazone groups is 1. The van der Waals surface area contributed by atoms with E-state index in [9.17, 15) is 4.79 Å². The topological polar surface area (TPSA) is 122 Å². The van der Waals surface area contributed by atoms with Gasteiger partial charge in [0.2, 0.25) is 0 Å². The van der Waals surface area contributed by atoms with Gasteiger partial charge in [0.15, 0.2) is 6.29 Å². The van der Waals surface area contributed by atoms with Gasteiger partial charge in [0.25, 0.3) is 0 Å². The summed E-state index contributed by atoms with van der Waals surface area (Å²) in [5.41, 5.74) is 5.82. The predicted molar refractivity (Wildman–Crippen MR) is 159 cm³/mol. The highest BCUT2D eigenvalue weighted by Crippen LogP contribution is 2.24. The molecule has 0 amide bonds. The van der Waals surface area contributed by atoms with Gasteiger partial charge in [0.1, 0.15) is 24.8 Å². The molecule has 0 bridgehead atoms. The molecule has 1 aromatic heterocycles. The van der Waals surface area contributed by atoms with E-state index in [2.05, 4.69) is 49.7 Å². The largest absolute Gasteiger partial charge is 0.491 e. The summed E-state index contributed by atoms with van der Waals surface area (Å²) in [5, 5.41) is 15.0. The summed E-state index contributed by atoms with van der Waals surface area (Å²) in [6.45, 7) is 8.98. The van der Waals surface area contributed by atoms with Crippen LogP contribution in [0.3, 0.4) is 0 Å². The van der Waals surface area contributed by atoms with Crippen LogP contribution in [0.2, 0.25) is 0 Å². The van der Waals surface area contributed by atoms with Gasteiger partial charge < -0.3 is 34.8 Å². The average Bonchev–Trinajstić information content (AvgIpc) is 3.64. The lowest BCUT2D eigenvalue weighted by atomic mass is 10.2. The first-order chi connectivity index (χ1) is 20.1. The van der Waals surface area contributed by atoms with Gasteiger partial charge in [-0.25, -0.2) is 14.0 Å². The van der Waals surface area contributed by atoms with Gasteiger partial charge in [-0.05, 0) is 61.9 Å². The molecule has 2 fully saturated rings. The smallest absolute Gasteiger partial charge is 0.350 e. The molecular formula is C29H38N8O4. The number of anilines is 2. The highest BCUT2D eigenvalue weighted by atomic mass is 16.7. The van der Waals surface area contributed by atoms with Crippen LogP contribution in [-0.4, -0.2) is 85.1 Å². The number of hydrogen-bond acceptors (Lipinski definition) is 10. The molecule has 5 rings (SSSR count). The quantitative estimate of drug-likeness (QED) is 0.255. The standard InChI is InChI=1S/C29H38N8O4/c1-3-22(2)37-29(38)36(21-33-37)25-6-4-23(5-7-25)34-14-16-35(17-15-34)24-8-10-26(11-9-24)39-19-27-20-40-28(41-27)18-32-31-13-12-30/h4-13,21-22,27-28,30,32H,3,14-20H2,1-2H3/b30-12?,31-13-. The number of aromatic nitrogens is 3. The maximum atomic E-state index is 12.7. The van der Waals surface area contributed by atoms with Crippen molar-refractivity contribution in [1.82, 2.24) is 19.8 Å². The molecule has 2 N–H and O–H groups in total. The minimum atomic E-state index is -0.380. The van der Waals surface area contributed by atoms with Crippen molar-refractivity contribution < 1.29 is 14.2 Å². The SMILES string of the molecule is CCC(C)n1ncn(-c2ccc(N3CCN(c4ccc(OCC5COC(CN/N=C\C=N)O5)cc4)CC3)cc2)c1=O. The Morgan fingerprint density at radius 1 is 1.07 bits per heavy atom. The van der Waals surface area contributed by atoms with Crippen molar-refractivity contribution >= 4 is 23.8 Å². The monoisotopic (exact) mass is 562 g/mol. The fourth-order valence-electron chi connectivity index (χ4n) is 4.88. The lowest BCUT2D eigenvalue weighted by Crippen LogP contribution is -2.46. The van der Waals surface area contributed by atoms with E-state index in [0.717, 1.165) is 55.9 Å². The van der Waals surface area contributed by atoms with Gasteiger partial charge in [-0.1, -0.05) is 6.92 Å². The average molecular weight is 563 g/mol. The van der Waals surface area contributed by atoms with Gasteiger partial charge in [-0.15, -0.1) is 0 Å². The molecule has 3 atom stereocenters. The van der Waals surface area contributed by atoms with Crippen LogP contribution in [0.25, 0.3) is 5.69 Å². The third-order valence-electron chi connectivity index (χ3n) is 7.42. The van der Waals surface area contributed by atoms with Gasteiger partial charge in [0.05, 0.1) is 31.1 Å². The van der Waals surface area contributed by atoms with E-state index in [0.29, 0.717) is 19.8 Å². The third-order valence-corrected chi connectivity index (χ3v) is 7.42. The third kappa shape index (κ3) is 6.95. The molecule has 2 saturated heterocycles. The summed E-state index contributed by atoms with van der Waals surface area (Å²) in [6, 6.07) is 16.4.